The summed E-state index contributed by atoms with van der Waals surface area (Å²) in [4.78, 5) is 14.4. The molecule has 0 unspecified atom stereocenters. The van der Waals surface area contributed by atoms with E-state index in [1.165, 1.54) is 45.3 Å². The second-order valence-corrected chi connectivity index (χ2v) is 10.4. The van der Waals surface area contributed by atoms with Gasteiger partial charge < -0.3 is 10.1 Å². The molecule has 2 aromatic rings. The van der Waals surface area contributed by atoms with E-state index in [0.717, 1.165) is 24.3 Å². The van der Waals surface area contributed by atoms with Gasteiger partial charge in [0.1, 0.15) is 0 Å². The molecule has 2 heterocycles. The van der Waals surface area contributed by atoms with Gasteiger partial charge in [0.2, 0.25) is 10.0 Å². The fraction of sp³-hybridized carbons (Fsp3) is 0.476. The van der Waals surface area contributed by atoms with Gasteiger partial charge in [-0.05, 0) is 67.5 Å². The molecular weight excluding hydrogens is 408 g/mol. The third-order valence-electron chi connectivity index (χ3n) is 5.59. The molecule has 6 nitrogen and oxygen atoms in total. The van der Waals surface area contributed by atoms with Gasteiger partial charge in [-0.1, -0.05) is 6.92 Å². The summed E-state index contributed by atoms with van der Waals surface area (Å²) in [6.45, 7) is 3.65. The maximum Gasteiger partial charge on any atom is 0.256 e. The maximum atomic E-state index is 12.8. The minimum Gasteiger partial charge on any atom is -0.379 e. The Morgan fingerprint density at radius 2 is 1.83 bits per heavy atom. The number of thiophene rings is 1. The number of anilines is 1. The first-order valence-corrected chi connectivity index (χ1v) is 12.4. The minimum absolute atomic E-state index is 0.200. The molecule has 1 amide bonds. The minimum atomic E-state index is -3.55. The molecule has 2 aliphatic rings. The normalized spacial score (nSPS) is 17.7. The van der Waals surface area contributed by atoms with Crippen LogP contribution >= 0.6 is 11.3 Å². The van der Waals surface area contributed by atoms with Crippen LogP contribution < -0.4 is 5.32 Å². The van der Waals surface area contributed by atoms with Crippen LogP contribution in [0.5, 0.6) is 0 Å². The lowest BCUT2D eigenvalue weighted by Crippen LogP contribution is -2.40. The molecule has 1 aromatic carbocycles. The number of benzene rings is 1. The van der Waals surface area contributed by atoms with Gasteiger partial charge in [0.05, 0.1) is 23.1 Å². The predicted molar refractivity (Wildman–Crippen MR) is 114 cm³/mol. The molecule has 1 aliphatic heterocycles. The number of amides is 1. The first-order valence-electron chi connectivity index (χ1n) is 10.1. The van der Waals surface area contributed by atoms with E-state index in [1.807, 2.05) is 0 Å². The highest BCUT2D eigenvalue weighted by Gasteiger charge is 2.26. The molecule has 0 radical (unpaired) electrons. The molecule has 8 heteroatoms. The van der Waals surface area contributed by atoms with Crippen LogP contribution in [0.2, 0.25) is 0 Å². The topological polar surface area (TPSA) is 75.7 Å². The number of rotatable bonds is 5. The summed E-state index contributed by atoms with van der Waals surface area (Å²) in [6.07, 6.45) is 5.51. The highest BCUT2D eigenvalue weighted by atomic mass is 32.2. The summed E-state index contributed by atoms with van der Waals surface area (Å²) < 4.78 is 32.1. The van der Waals surface area contributed by atoms with Crippen LogP contribution in [0.15, 0.2) is 29.2 Å². The summed E-state index contributed by atoms with van der Waals surface area (Å²) >= 11 is 1.69. The van der Waals surface area contributed by atoms with E-state index < -0.39 is 10.0 Å². The molecule has 0 atom stereocenters. The second kappa shape index (κ2) is 8.55. The smallest absolute Gasteiger partial charge is 0.256 e. The van der Waals surface area contributed by atoms with Crippen LogP contribution in [0.4, 0.5) is 5.00 Å². The van der Waals surface area contributed by atoms with Gasteiger partial charge in [0.25, 0.3) is 5.91 Å². The van der Waals surface area contributed by atoms with Gasteiger partial charge in [-0.15, -0.1) is 11.3 Å². The Morgan fingerprint density at radius 1 is 1.14 bits per heavy atom. The molecular formula is C21H26N2O4S2. The number of aryl methyl sites for hydroxylation is 1. The van der Waals surface area contributed by atoms with E-state index in [0.29, 0.717) is 31.9 Å². The summed E-state index contributed by atoms with van der Waals surface area (Å²) in [5, 5.41) is 4.00. The standard InChI is InChI=1S/C21H26N2O4S2/c1-2-17-18-5-3-4-6-19(18)28-21(17)22-20(24)15-7-9-16(10-8-15)29(25,26)23-11-13-27-14-12-23/h7-10H,2-6,11-14H2,1H3,(H,22,24). The van der Waals surface area contributed by atoms with Crippen molar-refractivity contribution in [1.29, 1.82) is 0 Å². The summed E-state index contributed by atoms with van der Waals surface area (Å²) in [5.41, 5.74) is 3.13. The fourth-order valence-electron chi connectivity index (χ4n) is 4.00. The van der Waals surface area contributed by atoms with Crippen LogP contribution in [-0.4, -0.2) is 44.9 Å². The van der Waals surface area contributed by atoms with Crippen molar-refractivity contribution in [2.24, 2.45) is 0 Å². The number of fused-ring (bicyclic) bond motifs is 1. The molecule has 0 spiro atoms. The molecule has 1 N–H and O–H groups in total. The quantitative estimate of drug-likeness (QED) is 0.782. The molecule has 29 heavy (non-hydrogen) atoms. The molecule has 156 valence electrons. The number of morpholine rings is 1. The van der Waals surface area contributed by atoms with Crippen molar-refractivity contribution in [3.8, 4) is 0 Å². The van der Waals surface area contributed by atoms with Gasteiger partial charge >= 0.3 is 0 Å². The first-order chi connectivity index (χ1) is 14.0. The van der Waals surface area contributed by atoms with E-state index in [4.69, 9.17) is 4.74 Å². The van der Waals surface area contributed by atoms with Gasteiger partial charge in [-0.2, -0.15) is 4.31 Å². The van der Waals surface area contributed by atoms with Crippen molar-refractivity contribution >= 4 is 32.3 Å². The lowest BCUT2D eigenvalue weighted by molar-refractivity contribution is 0.0730. The Bertz CT molecular complexity index is 990. The Kier molecular flexibility index (Phi) is 6.06. The van der Waals surface area contributed by atoms with E-state index in [-0.39, 0.29) is 10.8 Å². The lowest BCUT2D eigenvalue weighted by atomic mass is 9.94. The average Bonchev–Trinajstić information content (AvgIpc) is 3.11. The van der Waals surface area contributed by atoms with Crippen molar-refractivity contribution < 1.29 is 17.9 Å². The fourth-order valence-corrected chi connectivity index (χ4v) is 6.78. The number of ether oxygens (including phenoxy) is 1. The van der Waals surface area contributed by atoms with Crippen molar-refractivity contribution in [3.63, 3.8) is 0 Å². The summed E-state index contributed by atoms with van der Waals surface area (Å²) in [5.74, 6) is -0.200. The SMILES string of the molecule is CCc1c(NC(=O)c2ccc(S(=O)(=O)N3CCOCC3)cc2)sc2c1CCCC2. The molecule has 0 saturated carbocycles. The second-order valence-electron chi connectivity index (χ2n) is 7.37. The molecule has 1 aromatic heterocycles. The number of carbonyl (C=O) groups is 1. The van der Waals surface area contributed by atoms with E-state index in [2.05, 4.69) is 12.2 Å². The molecule has 4 rings (SSSR count). The molecule has 1 fully saturated rings. The van der Waals surface area contributed by atoms with Crippen molar-refractivity contribution in [2.45, 2.75) is 43.9 Å². The molecule has 1 saturated heterocycles. The zero-order valence-corrected chi connectivity index (χ0v) is 18.2. The Labute approximate surface area is 175 Å². The maximum absolute atomic E-state index is 12.8. The number of hydrogen-bond acceptors (Lipinski definition) is 5. The highest BCUT2D eigenvalue weighted by Crippen LogP contribution is 2.38. The van der Waals surface area contributed by atoms with Gasteiger partial charge in [0.15, 0.2) is 0 Å². The Morgan fingerprint density at radius 3 is 2.52 bits per heavy atom. The monoisotopic (exact) mass is 434 g/mol. The first kappa shape index (κ1) is 20.5. The number of hydrogen-bond donors (Lipinski definition) is 1. The summed E-state index contributed by atoms with van der Waals surface area (Å²) in [7, 11) is -3.55. The third-order valence-corrected chi connectivity index (χ3v) is 8.75. The number of nitrogens with one attached hydrogen (secondary N) is 1. The Hall–Kier alpha value is -1.74. The summed E-state index contributed by atoms with van der Waals surface area (Å²) in [6, 6.07) is 6.20. The van der Waals surface area contributed by atoms with Gasteiger partial charge in [-0.3, -0.25) is 4.79 Å². The van der Waals surface area contributed by atoms with Crippen molar-refractivity contribution in [2.75, 3.05) is 31.6 Å². The lowest BCUT2D eigenvalue weighted by Gasteiger charge is -2.26. The van der Waals surface area contributed by atoms with Gasteiger partial charge in [0, 0.05) is 23.5 Å². The third kappa shape index (κ3) is 4.12. The largest absolute Gasteiger partial charge is 0.379 e. The Balaban J connectivity index is 1.51. The number of carbonyl (C=O) groups excluding carboxylic acids is 1. The van der Waals surface area contributed by atoms with Crippen molar-refractivity contribution in [1.82, 2.24) is 4.31 Å². The van der Waals surface area contributed by atoms with Crippen LogP contribution in [0, 0.1) is 0 Å². The molecule has 1 aliphatic carbocycles. The van der Waals surface area contributed by atoms with E-state index in [1.54, 1.807) is 23.5 Å². The van der Waals surface area contributed by atoms with E-state index in [9.17, 15) is 13.2 Å². The number of sulfonamides is 1. The van der Waals surface area contributed by atoms with E-state index >= 15 is 0 Å². The van der Waals surface area contributed by atoms with Crippen LogP contribution in [0.25, 0.3) is 0 Å². The predicted octanol–water partition coefficient (Wildman–Crippen LogP) is 3.46. The zero-order chi connectivity index (χ0) is 20.4. The van der Waals surface area contributed by atoms with Crippen LogP contribution in [-0.2, 0) is 34.0 Å². The average molecular weight is 435 g/mol. The number of nitrogens with zero attached hydrogens (tertiary/aromatic N) is 1. The van der Waals surface area contributed by atoms with Gasteiger partial charge in [-0.25, -0.2) is 8.42 Å². The van der Waals surface area contributed by atoms with Crippen LogP contribution in [0.3, 0.4) is 0 Å². The van der Waals surface area contributed by atoms with Crippen LogP contribution in [0.1, 0.15) is 46.1 Å². The molecule has 0 bridgehead atoms. The van der Waals surface area contributed by atoms with Crippen molar-refractivity contribution in [3.05, 3.63) is 45.8 Å². The highest BCUT2D eigenvalue weighted by molar-refractivity contribution is 7.89. The zero-order valence-electron chi connectivity index (χ0n) is 16.6.